The Labute approximate surface area is 266 Å². The van der Waals surface area contributed by atoms with Crippen molar-refractivity contribution in [3.63, 3.8) is 0 Å². The highest BCUT2D eigenvalue weighted by Crippen LogP contribution is 2.37. The van der Waals surface area contributed by atoms with Crippen LogP contribution in [0.4, 0.5) is 5.69 Å². The molecule has 45 heavy (non-hydrogen) atoms. The van der Waals surface area contributed by atoms with Gasteiger partial charge >= 0.3 is 0 Å². The van der Waals surface area contributed by atoms with E-state index in [0.29, 0.717) is 0 Å². The summed E-state index contributed by atoms with van der Waals surface area (Å²) in [4.78, 5) is 0. The van der Waals surface area contributed by atoms with Crippen molar-refractivity contribution in [3.8, 4) is 0 Å². The van der Waals surface area contributed by atoms with E-state index in [4.69, 9.17) is 6.72 Å². The summed E-state index contributed by atoms with van der Waals surface area (Å²) in [5, 5.41) is 12.7. The molecule has 0 radical (unpaired) electrons. The van der Waals surface area contributed by atoms with Crippen LogP contribution < -0.4 is 14.8 Å². The summed E-state index contributed by atoms with van der Waals surface area (Å²) in [6.07, 6.45) is 12.9. The Kier molecular flexibility index (Phi) is 7.96. The fourth-order valence-corrected chi connectivity index (χ4v) is 7.06. The summed E-state index contributed by atoms with van der Waals surface area (Å²) in [6, 6.07) is 39.9. The average molecular weight is 585 g/mol. The van der Waals surface area contributed by atoms with Crippen molar-refractivity contribution in [2.45, 2.75) is 45.6 Å². The lowest BCUT2D eigenvalue weighted by Gasteiger charge is -2.24. The Morgan fingerprint density at radius 2 is 1.42 bits per heavy atom. The van der Waals surface area contributed by atoms with Gasteiger partial charge in [-0.05, 0) is 63.2 Å². The highest BCUT2D eigenvalue weighted by molar-refractivity contribution is 6.09. The number of fused-ring (bicyclic) bond motifs is 4. The molecule has 0 bridgehead atoms. The van der Waals surface area contributed by atoms with Gasteiger partial charge in [0.2, 0.25) is 11.0 Å². The number of aromatic nitrogens is 1. The van der Waals surface area contributed by atoms with Gasteiger partial charge in [0.1, 0.15) is 12.8 Å². The number of rotatable bonds is 8. The Bertz CT molecular complexity index is 2250. The molecule has 5 aromatic carbocycles. The number of anilines is 1. The van der Waals surface area contributed by atoms with Gasteiger partial charge in [0.25, 0.3) is 0 Å². The van der Waals surface area contributed by atoms with Gasteiger partial charge in [-0.1, -0.05) is 105 Å². The van der Waals surface area contributed by atoms with Crippen LogP contribution in [0.25, 0.3) is 27.6 Å². The van der Waals surface area contributed by atoms with Gasteiger partial charge < -0.3 is 5.32 Å². The molecule has 1 atom stereocenters. The predicted molar refractivity (Wildman–Crippen MR) is 189 cm³/mol. The van der Waals surface area contributed by atoms with Crippen LogP contribution in [0, 0.1) is 23.7 Å². The number of hydrogen-bond acceptors (Lipinski definition) is 1. The lowest BCUT2D eigenvalue weighted by Crippen LogP contribution is -2.31. The number of nitrogens with one attached hydrogen (secondary N) is 1. The van der Waals surface area contributed by atoms with Crippen LogP contribution in [0.3, 0.4) is 0 Å². The van der Waals surface area contributed by atoms with E-state index in [1.54, 1.807) is 0 Å². The molecule has 2 heteroatoms. The van der Waals surface area contributed by atoms with Gasteiger partial charge in [-0.25, -0.2) is 0 Å². The zero-order valence-corrected chi connectivity index (χ0v) is 26.3. The van der Waals surface area contributed by atoms with Crippen molar-refractivity contribution < 1.29 is 4.24 Å². The maximum absolute atomic E-state index is 4.73. The standard InChI is InChI=1S/C43H40N2/c1-4-15-31-20-12-21-32(16-5-2)42(31)44-43(39-29-33-18-7-9-23-35(33)36-24-10-11-25-37(36)39)41-28-14-27-40(45(41)3)38-26-13-19-30-17-6-8-22-34(30)38/h6-14,17-29,43-44H,3-5,15-16H2,1-2H3. The molecule has 7 rings (SSSR count). The molecule has 0 fully saturated rings. The van der Waals surface area contributed by atoms with Gasteiger partial charge in [0.05, 0.1) is 0 Å². The van der Waals surface area contributed by atoms with Gasteiger partial charge in [0.15, 0.2) is 0 Å². The number of benzene rings is 5. The topological polar surface area (TPSA) is 17.9 Å². The third kappa shape index (κ3) is 5.31. The van der Waals surface area contributed by atoms with Crippen LogP contribution in [0.15, 0.2) is 121 Å². The van der Waals surface area contributed by atoms with Crippen molar-refractivity contribution in [2.75, 3.05) is 5.32 Å². The highest BCUT2D eigenvalue weighted by Gasteiger charge is 2.26. The molecule has 1 aliphatic carbocycles. The van der Waals surface area contributed by atoms with E-state index < -0.39 is 0 Å². The van der Waals surface area contributed by atoms with Crippen LogP contribution >= 0.6 is 0 Å². The quantitative estimate of drug-likeness (QED) is 0.107. The third-order valence-electron chi connectivity index (χ3n) is 9.16. The fraction of sp³-hybridized carbons (Fsp3) is 0.163. The second kappa shape index (κ2) is 12.5. The van der Waals surface area contributed by atoms with E-state index in [1.165, 1.54) is 59.9 Å². The first kappa shape index (κ1) is 28.7. The van der Waals surface area contributed by atoms with Gasteiger partial charge in [0, 0.05) is 23.0 Å². The maximum Gasteiger partial charge on any atom is 0.213 e. The van der Waals surface area contributed by atoms with E-state index in [2.05, 4.69) is 157 Å². The molecule has 222 valence electrons. The van der Waals surface area contributed by atoms with Crippen LogP contribution in [0.5, 0.6) is 0 Å². The Morgan fingerprint density at radius 3 is 2.20 bits per heavy atom. The van der Waals surface area contributed by atoms with Crippen LogP contribution in [-0.4, -0.2) is 0 Å². The Morgan fingerprint density at radius 1 is 0.733 bits per heavy atom. The summed E-state index contributed by atoms with van der Waals surface area (Å²) in [5.41, 5.74) is 7.62. The molecule has 1 aromatic heterocycles. The fourth-order valence-electron chi connectivity index (χ4n) is 7.06. The molecule has 0 aliphatic heterocycles. The smallest absolute Gasteiger partial charge is 0.213 e. The lowest BCUT2D eigenvalue weighted by atomic mass is 9.90. The number of pyridine rings is 1. The Balaban J connectivity index is 1.56. The van der Waals surface area contributed by atoms with E-state index in [0.717, 1.165) is 36.7 Å². The number of nitrogens with zero attached hydrogens (tertiary/aromatic N) is 1. The van der Waals surface area contributed by atoms with Crippen molar-refractivity contribution >= 4 is 33.3 Å². The van der Waals surface area contributed by atoms with E-state index >= 15 is 0 Å². The molecule has 0 amide bonds. The van der Waals surface area contributed by atoms with Gasteiger partial charge in [-0.15, -0.1) is 42.3 Å². The summed E-state index contributed by atoms with van der Waals surface area (Å²) in [5.74, 6) is 0. The summed E-state index contributed by atoms with van der Waals surface area (Å²) in [7, 11) is 0. The van der Waals surface area contributed by atoms with Crippen LogP contribution in [-0.2, 0) is 12.8 Å². The molecule has 0 spiro atoms. The van der Waals surface area contributed by atoms with Crippen molar-refractivity contribution in [2.24, 2.45) is 0 Å². The minimum atomic E-state index is -0.138. The molecule has 0 saturated heterocycles. The first-order chi connectivity index (χ1) is 22.2. The van der Waals surface area contributed by atoms with Crippen molar-refractivity contribution in [1.29, 1.82) is 0 Å². The zero-order chi connectivity index (χ0) is 30.8. The number of allylic oxidation sites excluding steroid dienone is 2. The van der Waals surface area contributed by atoms with Crippen molar-refractivity contribution in [1.82, 2.24) is 0 Å². The summed E-state index contributed by atoms with van der Waals surface area (Å²) >= 11 is 0. The molecule has 1 unspecified atom stereocenters. The second-order valence-electron chi connectivity index (χ2n) is 12.1. The number of aryl methyl sites for hydroxylation is 2. The van der Waals surface area contributed by atoms with Gasteiger partial charge in [-0.2, -0.15) is 4.24 Å². The van der Waals surface area contributed by atoms with Crippen LogP contribution in [0.2, 0.25) is 0 Å². The van der Waals surface area contributed by atoms with Crippen LogP contribution in [0.1, 0.15) is 60.7 Å². The normalized spacial score (nSPS) is 13.6. The maximum atomic E-state index is 4.73. The first-order valence-electron chi connectivity index (χ1n) is 16.3. The minimum absolute atomic E-state index is 0.138. The molecule has 1 heterocycles. The van der Waals surface area contributed by atoms with E-state index in [-0.39, 0.29) is 6.04 Å². The molecule has 6 aromatic rings. The first-order valence-corrected chi connectivity index (χ1v) is 16.3. The zero-order valence-electron chi connectivity index (χ0n) is 26.3. The largest absolute Gasteiger partial charge is 0.369 e. The highest BCUT2D eigenvalue weighted by atomic mass is 15.0. The molecule has 1 aliphatic rings. The number of para-hydroxylation sites is 1. The van der Waals surface area contributed by atoms with Gasteiger partial charge in [-0.3, -0.25) is 0 Å². The SMILES string of the molecule is C=[n+]1c(C(Nc2c(CCC)cccc2CCC)c2cc3ccccc3c3ccccc23)cccc1=c1cccc2c1=CC=C[CH-]2. The third-order valence-corrected chi connectivity index (χ3v) is 9.16. The minimum Gasteiger partial charge on any atom is -0.369 e. The summed E-state index contributed by atoms with van der Waals surface area (Å²) < 4.78 is 2.16. The Hall–Kier alpha value is -5.08. The molecular formula is C43H40N2. The number of hydrogen-bond donors (Lipinski definition) is 1. The monoisotopic (exact) mass is 584 g/mol. The molecule has 2 nitrogen and oxygen atoms in total. The summed E-state index contributed by atoms with van der Waals surface area (Å²) in [6.45, 7) is 9.26. The lowest BCUT2D eigenvalue weighted by molar-refractivity contribution is -0.520. The second-order valence-corrected chi connectivity index (χ2v) is 12.1. The average Bonchev–Trinajstić information content (AvgIpc) is 3.08. The molecule has 0 saturated carbocycles. The van der Waals surface area contributed by atoms with E-state index in [9.17, 15) is 0 Å². The van der Waals surface area contributed by atoms with Crippen molar-refractivity contribution in [3.05, 3.63) is 178 Å². The van der Waals surface area contributed by atoms with E-state index in [1.807, 2.05) is 0 Å². The predicted octanol–water partition coefficient (Wildman–Crippen LogP) is 9.22. The molecular weight excluding hydrogens is 544 g/mol. The molecule has 1 N–H and O–H groups in total.